The lowest BCUT2D eigenvalue weighted by molar-refractivity contribution is 0.637. The summed E-state index contributed by atoms with van der Waals surface area (Å²) in [5.74, 6) is 1.21. The van der Waals surface area contributed by atoms with Crippen LogP contribution < -0.4 is 0 Å². The second kappa shape index (κ2) is 7.95. The molecule has 3 aliphatic rings. The fourth-order valence-electron chi connectivity index (χ4n) is 5.62. The summed E-state index contributed by atoms with van der Waals surface area (Å²) >= 11 is 0. The summed E-state index contributed by atoms with van der Waals surface area (Å²) in [6.45, 7) is 2.31. The zero-order valence-electron chi connectivity index (χ0n) is 18.6. The number of fused-ring (bicyclic) bond motifs is 3. The summed E-state index contributed by atoms with van der Waals surface area (Å²) in [4.78, 5) is 0. The molecule has 6 rings (SSSR count). The van der Waals surface area contributed by atoms with Gasteiger partial charge in [-0.1, -0.05) is 104 Å². The number of benzene rings is 3. The first-order valence-corrected chi connectivity index (χ1v) is 11.8. The molecule has 3 aromatic carbocycles. The highest BCUT2D eigenvalue weighted by atomic mass is 14.4. The van der Waals surface area contributed by atoms with E-state index in [0.29, 0.717) is 11.8 Å². The molecule has 32 heavy (non-hydrogen) atoms. The Kier molecular flexibility index (Phi) is 4.80. The van der Waals surface area contributed by atoms with E-state index in [9.17, 15) is 0 Å². The molecule has 0 saturated heterocycles. The van der Waals surface area contributed by atoms with Crippen LogP contribution in [-0.4, -0.2) is 0 Å². The van der Waals surface area contributed by atoms with Gasteiger partial charge in [0.1, 0.15) is 0 Å². The van der Waals surface area contributed by atoms with Crippen LogP contribution in [0.25, 0.3) is 27.8 Å². The van der Waals surface area contributed by atoms with Crippen molar-refractivity contribution >= 4 is 5.57 Å². The van der Waals surface area contributed by atoms with E-state index in [1.54, 1.807) is 16.7 Å². The third-order valence-electron chi connectivity index (χ3n) is 7.20. The Morgan fingerprint density at radius 3 is 2.09 bits per heavy atom. The molecule has 3 aromatic rings. The van der Waals surface area contributed by atoms with Gasteiger partial charge in [-0.15, -0.1) is 0 Å². The molecule has 0 N–H and O–H groups in total. The molecular weight excluding hydrogens is 384 g/mol. The predicted molar refractivity (Wildman–Crippen MR) is 136 cm³/mol. The lowest BCUT2D eigenvalue weighted by Gasteiger charge is -2.31. The van der Waals surface area contributed by atoms with E-state index in [2.05, 4.69) is 110 Å². The topological polar surface area (TPSA) is 0 Å². The monoisotopic (exact) mass is 412 g/mol. The Balaban J connectivity index is 1.30. The van der Waals surface area contributed by atoms with Crippen molar-refractivity contribution in [3.05, 3.63) is 125 Å². The molecule has 0 heteroatoms. The van der Waals surface area contributed by atoms with Gasteiger partial charge in [0.15, 0.2) is 0 Å². The van der Waals surface area contributed by atoms with Crippen LogP contribution >= 0.6 is 0 Å². The molecule has 156 valence electrons. The summed E-state index contributed by atoms with van der Waals surface area (Å²) in [6, 6.07) is 28.6. The van der Waals surface area contributed by atoms with E-state index in [1.807, 2.05) is 0 Å². The molecule has 0 aliphatic heterocycles. The molecule has 1 unspecified atom stereocenters. The number of rotatable bonds is 3. The van der Waals surface area contributed by atoms with Gasteiger partial charge in [0.05, 0.1) is 0 Å². The Bertz CT molecular complexity index is 1300. The summed E-state index contributed by atoms with van der Waals surface area (Å²) in [7, 11) is 0. The van der Waals surface area contributed by atoms with Crippen LogP contribution in [0.15, 0.2) is 120 Å². The largest absolute Gasteiger partial charge is 0.0757 e. The standard InChI is InChI=1S/C32H28/c1-22-17-29-13-14-30-21-28(15-16-31(30)32(29)18-22)27-12-6-11-26(20-27)25-10-5-9-24(19-25)23-7-3-2-4-8-23/h2-12,15,17-22,31H,13-14,16H2,1H3/t22-,31?/m1/s1. The van der Waals surface area contributed by atoms with E-state index in [4.69, 9.17) is 0 Å². The molecular formula is C32H28. The molecule has 1 fully saturated rings. The van der Waals surface area contributed by atoms with Gasteiger partial charge in [-0.3, -0.25) is 0 Å². The van der Waals surface area contributed by atoms with Crippen LogP contribution in [0.3, 0.4) is 0 Å². The van der Waals surface area contributed by atoms with E-state index in [-0.39, 0.29) is 0 Å². The molecule has 2 atom stereocenters. The molecule has 0 spiro atoms. The minimum atomic E-state index is 0.605. The molecule has 0 aromatic heterocycles. The highest BCUT2D eigenvalue weighted by Gasteiger charge is 2.31. The summed E-state index contributed by atoms with van der Waals surface area (Å²) < 4.78 is 0. The van der Waals surface area contributed by atoms with E-state index < -0.39 is 0 Å². The van der Waals surface area contributed by atoms with Crippen LogP contribution in [0, 0.1) is 11.8 Å². The van der Waals surface area contributed by atoms with Crippen molar-refractivity contribution < 1.29 is 0 Å². The lowest BCUT2D eigenvalue weighted by Crippen LogP contribution is -2.16. The Labute approximate surface area is 191 Å². The first-order chi connectivity index (χ1) is 15.7. The molecule has 0 amide bonds. The van der Waals surface area contributed by atoms with Gasteiger partial charge < -0.3 is 0 Å². The smallest absolute Gasteiger partial charge is 0.00861 e. The van der Waals surface area contributed by atoms with Crippen LogP contribution in [-0.2, 0) is 0 Å². The second-order valence-corrected chi connectivity index (χ2v) is 9.37. The van der Waals surface area contributed by atoms with Crippen molar-refractivity contribution in [3.63, 3.8) is 0 Å². The van der Waals surface area contributed by atoms with Crippen molar-refractivity contribution in [1.82, 2.24) is 0 Å². The van der Waals surface area contributed by atoms with Crippen LogP contribution in [0.2, 0.25) is 0 Å². The summed E-state index contributed by atoms with van der Waals surface area (Å²) in [6.07, 6.45) is 13.4. The van der Waals surface area contributed by atoms with Gasteiger partial charge in [0.25, 0.3) is 0 Å². The zero-order chi connectivity index (χ0) is 21.5. The maximum Gasteiger partial charge on any atom is 0.00861 e. The van der Waals surface area contributed by atoms with Crippen LogP contribution in [0.5, 0.6) is 0 Å². The fraction of sp³-hybridized carbons (Fsp3) is 0.188. The highest BCUT2D eigenvalue weighted by Crippen LogP contribution is 2.47. The summed E-state index contributed by atoms with van der Waals surface area (Å²) in [5, 5.41) is 0. The van der Waals surface area contributed by atoms with E-state index >= 15 is 0 Å². The SMILES string of the molecule is C[C@@H]1C=C2CCC3=CC(c4cccc(-c5cccc(-c6ccccc6)c5)c4)=CCC3C2=C1. The van der Waals surface area contributed by atoms with E-state index in [0.717, 1.165) is 6.42 Å². The van der Waals surface area contributed by atoms with Gasteiger partial charge >= 0.3 is 0 Å². The maximum atomic E-state index is 2.49. The third kappa shape index (κ3) is 3.50. The maximum absolute atomic E-state index is 2.49. The van der Waals surface area contributed by atoms with Gasteiger partial charge in [-0.05, 0) is 81.8 Å². The molecule has 3 aliphatic carbocycles. The Morgan fingerprint density at radius 2 is 1.31 bits per heavy atom. The molecule has 1 saturated carbocycles. The van der Waals surface area contributed by atoms with Crippen molar-refractivity contribution in [3.8, 4) is 22.3 Å². The molecule has 0 heterocycles. The lowest BCUT2D eigenvalue weighted by atomic mass is 9.73. The summed E-state index contributed by atoms with van der Waals surface area (Å²) in [5.41, 5.74) is 12.6. The van der Waals surface area contributed by atoms with Crippen molar-refractivity contribution in [1.29, 1.82) is 0 Å². The van der Waals surface area contributed by atoms with Gasteiger partial charge in [0.2, 0.25) is 0 Å². The van der Waals surface area contributed by atoms with Gasteiger partial charge in [0, 0.05) is 5.92 Å². The number of allylic oxidation sites excluding steroid dienone is 8. The van der Waals surface area contributed by atoms with Crippen molar-refractivity contribution in [2.24, 2.45) is 11.8 Å². The van der Waals surface area contributed by atoms with Gasteiger partial charge in [-0.2, -0.15) is 0 Å². The van der Waals surface area contributed by atoms with E-state index in [1.165, 1.54) is 46.2 Å². The average Bonchev–Trinajstić information content (AvgIpc) is 3.25. The zero-order valence-corrected chi connectivity index (χ0v) is 18.6. The average molecular weight is 413 g/mol. The minimum Gasteiger partial charge on any atom is -0.0757 e. The number of hydrogen-bond donors (Lipinski definition) is 0. The first kappa shape index (κ1) is 19.3. The molecule has 0 bridgehead atoms. The Hall–Kier alpha value is -3.38. The highest BCUT2D eigenvalue weighted by molar-refractivity contribution is 5.81. The van der Waals surface area contributed by atoms with Crippen LogP contribution in [0.4, 0.5) is 0 Å². The quantitative estimate of drug-likeness (QED) is 0.404. The Morgan fingerprint density at radius 1 is 0.656 bits per heavy atom. The number of hydrogen-bond acceptors (Lipinski definition) is 0. The van der Waals surface area contributed by atoms with Gasteiger partial charge in [-0.25, -0.2) is 0 Å². The normalized spacial score (nSPS) is 21.7. The fourth-order valence-corrected chi connectivity index (χ4v) is 5.62. The first-order valence-electron chi connectivity index (χ1n) is 11.8. The third-order valence-corrected chi connectivity index (χ3v) is 7.20. The van der Waals surface area contributed by atoms with Crippen molar-refractivity contribution in [2.45, 2.75) is 26.2 Å². The van der Waals surface area contributed by atoms with Crippen molar-refractivity contribution in [2.75, 3.05) is 0 Å². The second-order valence-electron chi connectivity index (χ2n) is 9.37. The molecule has 0 radical (unpaired) electrons. The minimum absolute atomic E-state index is 0.605. The molecule has 0 nitrogen and oxygen atoms in total. The predicted octanol–water partition coefficient (Wildman–Crippen LogP) is 8.65. The van der Waals surface area contributed by atoms with Crippen LogP contribution in [0.1, 0.15) is 31.7 Å².